The maximum atomic E-state index is 10.7. The highest BCUT2D eigenvalue weighted by molar-refractivity contribution is 5.45. The lowest BCUT2D eigenvalue weighted by Crippen LogP contribution is -2.13. The maximum Gasteiger partial charge on any atom is 0.269 e. The van der Waals surface area contributed by atoms with E-state index in [1.807, 2.05) is 18.2 Å². The second-order valence-corrected chi connectivity index (χ2v) is 5.37. The SMILES string of the molecule is O=[N+]([O-])c1ccc([C@@H]2CN[C@@H](c3ccc4c(c3)OCO4)O2)cc1. The van der Waals surface area contributed by atoms with Crippen LogP contribution in [-0.2, 0) is 4.74 Å². The molecule has 2 aliphatic heterocycles. The highest BCUT2D eigenvalue weighted by Crippen LogP contribution is 2.37. The predicted octanol–water partition coefficient (Wildman–Crippen LogP) is 2.68. The van der Waals surface area contributed by atoms with Gasteiger partial charge in [0.25, 0.3) is 5.69 Å². The third kappa shape index (κ3) is 2.60. The normalized spacial score (nSPS) is 22.3. The molecule has 0 saturated carbocycles. The van der Waals surface area contributed by atoms with Gasteiger partial charge in [-0.25, -0.2) is 0 Å². The van der Waals surface area contributed by atoms with Gasteiger partial charge in [-0.15, -0.1) is 0 Å². The van der Waals surface area contributed by atoms with Crippen molar-refractivity contribution in [1.29, 1.82) is 0 Å². The first-order valence-electron chi connectivity index (χ1n) is 7.23. The van der Waals surface area contributed by atoms with Gasteiger partial charge in [0, 0.05) is 18.7 Å². The quantitative estimate of drug-likeness (QED) is 0.693. The molecule has 0 spiro atoms. The molecular weight excluding hydrogens is 300 g/mol. The molecule has 0 aliphatic carbocycles. The van der Waals surface area contributed by atoms with Gasteiger partial charge in [0.2, 0.25) is 6.79 Å². The summed E-state index contributed by atoms with van der Waals surface area (Å²) in [6.07, 6.45) is -0.393. The molecule has 0 aromatic heterocycles. The summed E-state index contributed by atoms with van der Waals surface area (Å²) >= 11 is 0. The Morgan fingerprint density at radius 3 is 2.57 bits per heavy atom. The molecule has 0 radical (unpaired) electrons. The van der Waals surface area contributed by atoms with E-state index in [2.05, 4.69) is 5.32 Å². The van der Waals surface area contributed by atoms with E-state index in [1.54, 1.807) is 12.1 Å². The van der Waals surface area contributed by atoms with Crippen LogP contribution in [0, 0.1) is 10.1 Å². The van der Waals surface area contributed by atoms with E-state index in [0.717, 1.165) is 16.9 Å². The van der Waals surface area contributed by atoms with E-state index in [-0.39, 0.29) is 24.8 Å². The smallest absolute Gasteiger partial charge is 0.269 e. The highest BCUT2D eigenvalue weighted by atomic mass is 16.7. The van der Waals surface area contributed by atoms with Crippen LogP contribution < -0.4 is 14.8 Å². The zero-order valence-corrected chi connectivity index (χ0v) is 12.1. The number of nitro benzene ring substituents is 1. The summed E-state index contributed by atoms with van der Waals surface area (Å²) in [6, 6.07) is 12.1. The van der Waals surface area contributed by atoms with Gasteiger partial charge < -0.3 is 14.2 Å². The second kappa shape index (κ2) is 5.53. The van der Waals surface area contributed by atoms with Gasteiger partial charge in [-0.05, 0) is 35.4 Å². The van der Waals surface area contributed by atoms with Crippen LogP contribution in [0.1, 0.15) is 23.5 Å². The number of fused-ring (bicyclic) bond motifs is 1. The van der Waals surface area contributed by atoms with Crippen LogP contribution in [0.15, 0.2) is 42.5 Å². The van der Waals surface area contributed by atoms with Crippen LogP contribution in [0.25, 0.3) is 0 Å². The highest BCUT2D eigenvalue weighted by Gasteiger charge is 2.28. The average Bonchev–Trinajstić information content (AvgIpc) is 3.23. The minimum Gasteiger partial charge on any atom is -0.454 e. The van der Waals surface area contributed by atoms with E-state index >= 15 is 0 Å². The Bertz CT molecular complexity index is 747. The molecule has 2 aliphatic rings. The molecule has 0 bridgehead atoms. The summed E-state index contributed by atoms with van der Waals surface area (Å²) in [4.78, 5) is 10.3. The lowest BCUT2D eigenvalue weighted by atomic mass is 10.1. The van der Waals surface area contributed by atoms with Gasteiger partial charge in [0.15, 0.2) is 11.5 Å². The van der Waals surface area contributed by atoms with Crippen molar-refractivity contribution in [1.82, 2.24) is 5.32 Å². The first-order valence-corrected chi connectivity index (χ1v) is 7.23. The van der Waals surface area contributed by atoms with Gasteiger partial charge in [0.05, 0.1) is 11.0 Å². The summed E-state index contributed by atoms with van der Waals surface area (Å²) in [6.45, 7) is 0.875. The second-order valence-electron chi connectivity index (χ2n) is 5.37. The van der Waals surface area contributed by atoms with Gasteiger partial charge in [0.1, 0.15) is 6.23 Å². The largest absolute Gasteiger partial charge is 0.454 e. The van der Waals surface area contributed by atoms with Crippen LogP contribution in [0.4, 0.5) is 5.69 Å². The van der Waals surface area contributed by atoms with E-state index in [4.69, 9.17) is 14.2 Å². The fourth-order valence-electron chi connectivity index (χ4n) is 2.75. The number of nitrogens with one attached hydrogen (secondary N) is 1. The molecule has 4 rings (SSSR count). The third-order valence-electron chi connectivity index (χ3n) is 3.96. The van der Waals surface area contributed by atoms with Crippen molar-refractivity contribution in [3.63, 3.8) is 0 Å². The van der Waals surface area contributed by atoms with Gasteiger partial charge in [-0.2, -0.15) is 0 Å². The molecule has 7 nitrogen and oxygen atoms in total. The maximum absolute atomic E-state index is 10.7. The molecule has 2 aromatic carbocycles. The van der Waals surface area contributed by atoms with Crippen LogP contribution >= 0.6 is 0 Å². The van der Waals surface area contributed by atoms with E-state index < -0.39 is 4.92 Å². The molecule has 1 saturated heterocycles. The minimum atomic E-state index is -0.410. The molecule has 118 valence electrons. The molecule has 2 heterocycles. The van der Waals surface area contributed by atoms with Crippen LogP contribution in [0.5, 0.6) is 11.5 Å². The number of benzene rings is 2. The number of non-ortho nitro benzene ring substituents is 1. The van der Waals surface area contributed by atoms with Crippen molar-refractivity contribution < 1.29 is 19.1 Å². The lowest BCUT2D eigenvalue weighted by molar-refractivity contribution is -0.384. The van der Waals surface area contributed by atoms with Crippen LogP contribution in [-0.4, -0.2) is 18.3 Å². The average molecular weight is 314 g/mol. The number of hydrogen-bond acceptors (Lipinski definition) is 6. The molecule has 2 atom stereocenters. The predicted molar refractivity (Wildman–Crippen MR) is 80.2 cm³/mol. The number of hydrogen-bond donors (Lipinski definition) is 1. The fraction of sp³-hybridized carbons (Fsp3) is 0.250. The fourth-order valence-corrected chi connectivity index (χ4v) is 2.75. The van der Waals surface area contributed by atoms with Gasteiger partial charge >= 0.3 is 0 Å². The zero-order valence-electron chi connectivity index (χ0n) is 12.1. The van der Waals surface area contributed by atoms with Crippen molar-refractivity contribution in [2.24, 2.45) is 0 Å². The van der Waals surface area contributed by atoms with Crippen LogP contribution in [0.3, 0.4) is 0 Å². The number of nitrogens with zero attached hydrogens (tertiary/aromatic N) is 1. The number of nitro groups is 1. The van der Waals surface area contributed by atoms with Gasteiger partial charge in [-0.1, -0.05) is 6.07 Å². The summed E-state index contributed by atoms with van der Waals surface area (Å²) in [5.74, 6) is 1.45. The Hall–Kier alpha value is -2.64. The third-order valence-corrected chi connectivity index (χ3v) is 3.96. The summed E-state index contributed by atoms with van der Waals surface area (Å²) in [5, 5.41) is 14.0. The van der Waals surface area contributed by atoms with Crippen LogP contribution in [0.2, 0.25) is 0 Å². The Balaban J connectivity index is 1.49. The number of rotatable bonds is 3. The Morgan fingerprint density at radius 1 is 1.04 bits per heavy atom. The molecule has 1 N–H and O–H groups in total. The Kier molecular flexibility index (Phi) is 3.36. The molecular formula is C16H14N2O5. The van der Waals surface area contributed by atoms with Gasteiger partial charge in [-0.3, -0.25) is 15.4 Å². The van der Waals surface area contributed by atoms with Crippen molar-refractivity contribution in [2.45, 2.75) is 12.3 Å². The zero-order chi connectivity index (χ0) is 15.8. The molecule has 0 amide bonds. The first kappa shape index (κ1) is 14.0. The minimum absolute atomic E-state index is 0.0760. The molecule has 1 fully saturated rings. The summed E-state index contributed by atoms with van der Waals surface area (Å²) in [7, 11) is 0. The molecule has 7 heteroatoms. The van der Waals surface area contributed by atoms with E-state index in [1.165, 1.54) is 12.1 Å². The molecule has 2 aromatic rings. The monoisotopic (exact) mass is 314 g/mol. The van der Waals surface area contributed by atoms with Crippen molar-refractivity contribution in [3.8, 4) is 11.5 Å². The van der Waals surface area contributed by atoms with Crippen molar-refractivity contribution >= 4 is 5.69 Å². The first-order chi connectivity index (χ1) is 11.2. The number of ether oxygens (including phenoxy) is 3. The topological polar surface area (TPSA) is 82.9 Å². The van der Waals surface area contributed by atoms with Crippen molar-refractivity contribution in [3.05, 3.63) is 63.7 Å². The standard InChI is InChI=1S/C16H14N2O5/c19-18(20)12-4-1-10(2-5-12)15-8-17-16(23-15)11-3-6-13-14(7-11)22-9-21-13/h1-7,15-17H,8-9H2/t15-,16+/m0/s1. The Labute approximate surface area is 131 Å². The molecule has 23 heavy (non-hydrogen) atoms. The van der Waals surface area contributed by atoms with Crippen molar-refractivity contribution in [2.75, 3.05) is 13.3 Å². The summed E-state index contributed by atoms with van der Waals surface area (Å²) in [5.41, 5.74) is 1.94. The lowest BCUT2D eigenvalue weighted by Gasteiger charge is -2.13. The molecule has 0 unspecified atom stereocenters. The van der Waals surface area contributed by atoms with E-state index in [0.29, 0.717) is 12.3 Å². The Morgan fingerprint density at radius 2 is 1.78 bits per heavy atom. The van der Waals surface area contributed by atoms with E-state index in [9.17, 15) is 10.1 Å². The summed E-state index contributed by atoms with van der Waals surface area (Å²) < 4.78 is 16.7.